The first-order valence-corrected chi connectivity index (χ1v) is 5.32. The second kappa shape index (κ2) is 4.09. The molecule has 0 radical (unpaired) electrons. The van der Waals surface area contributed by atoms with Gasteiger partial charge in [0.15, 0.2) is 0 Å². The average molecular weight is 222 g/mol. The van der Waals surface area contributed by atoms with Crippen molar-refractivity contribution in [2.45, 2.75) is 18.9 Å². The molecular formula is C11H12ClN3. The Labute approximate surface area is 93.8 Å². The van der Waals surface area contributed by atoms with Crippen molar-refractivity contribution in [2.24, 2.45) is 0 Å². The minimum absolute atomic E-state index is 0.315. The number of nitrogen functional groups attached to an aromatic ring is 1. The van der Waals surface area contributed by atoms with Crippen molar-refractivity contribution in [2.75, 3.05) is 12.3 Å². The summed E-state index contributed by atoms with van der Waals surface area (Å²) in [6, 6.07) is 6.05. The first-order chi connectivity index (χ1) is 7.22. The molecule has 4 heteroatoms. The van der Waals surface area contributed by atoms with Crippen LogP contribution in [0, 0.1) is 11.3 Å². The van der Waals surface area contributed by atoms with Gasteiger partial charge in [0.2, 0.25) is 0 Å². The van der Waals surface area contributed by atoms with E-state index in [0.29, 0.717) is 22.3 Å². The predicted molar refractivity (Wildman–Crippen MR) is 60.6 cm³/mol. The molecule has 0 amide bonds. The van der Waals surface area contributed by atoms with E-state index in [0.717, 1.165) is 24.9 Å². The van der Waals surface area contributed by atoms with Gasteiger partial charge in [-0.05, 0) is 37.1 Å². The van der Waals surface area contributed by atoms with Crippen LogP contribution in [0.5, 0.6) is 0 Å². The molecule has 1 aromatic rings. The molecule has 1 aliphatic heterocycles. The maximum atomic E-state index is 8.90. The van der Waals surface area contributed by atoms with Crippen LogP contribution >= 0.6 is 11.6 Å². The standard InChI is InChI=1S/C11H12ClN3/c12-9-5-7(10-2-1-3-15-10)4-8(6-13)11(9)14/h4-5,10,15H,1-3,14H2/t10-/m1/s1. The van der Waals surface area contributed by atoms with Gasteiger partial charge in [0.05, 0.1) is 16.3 Å². The molecule has 15 heavy (non-hydrogen) atoms. The van der Waals surface area contributed by atoms with Crippen LogP contribution in [0.1, 0.15) is 30.0 Å². The van der Waals surface area contributed by atoms with Crippen LogP contribution in [0.2, 0.25) is 5.02 Å². The molecule has 0 aromatic heterocycles. The molecule has 1 saturated heterocycles. The molecule has 2 rings (SSSR count). The van der Waals surface area contributed by atoms with Crippen LogP contribution in [0.25, 0.3) is 0 Å². The number of nitriles is 1. The fourth-order valence-electron chi connectivity index (χ4n) is 1.90. The van der Waals surface area contributed by atoms with Gasteiger partial charge in [-0.15, -0.1) is 0 Å². The number of hydrogen-bond acceptors (Lipinski definition) is 3. The Balaban J connectivity index is 2.41. The first-order valence-electron chi connectivity index (χ1n) is 4.95. The fraction of sp³-hybridized carbons (Fsp3) is 0.364. The largest absolute Gasteiger partial charge is 0.396 e. The number of nitrogens with zero attached hydrogens (tertiary/aromatic N) is 1. The Morgan fingerprint density at radius 3 is 2.93 bits per heavy atom. The highest BCUT2D eigenvalue weighted by Gasteiger charge is 2.18. The van der Waals surface area contributed by atoms with E-state index >= 15 is 0 Å². The topological polar surface area (TPSA) is 61.8 Å². The van der Waals surface area contributed by atoms with Gasteiger partial charge in [0, 0.05) is 6.04 Å². The van der Waals surface area contributed by atoms with Crippen LogP contribution in [0.4, 0.5) is 5.69 Å². The molecule has 78 valence electrons. The Morgan fingerprint density at radius 1 is 1.53 bits per heavy atom. The molecule has 0 aliphatic carbocycles. The zero-order valence-electron chi connectivity index (χ0n) is 8.26. The lowest BCUT2D eigenvalue weighted by atomic mass is 10.0. The molecule has 1 atom stereocenters. The second-order valence-corrected chi connectivity index (χ2v) is 4.13. The van der Waals surface area contributed by atoms with Crippen molar-refractivity contribution in [1.82, 2.24) is 5.32 Å². The molecule has 0 bridgehead atoms. The van der Waals surface area contributed by atoms with Gasteiger partial charge in [-0.2, -0.15) is 5.26 Å². The summed E-state index contributed by atoms with van der Waals surface area (Å²) < 4.78 is 0. The summed E-state index contributed by atoms with van der Waals surface area (Å²) in [5.74, 6) is 0. The fourth-order valence-corrected chi connectivity index (χ4v) is 2.13. The second-order valence-electron chi connectivity index (χ2n) is 3.72. The summed E-state index contributed by atoms with van der Waals surface area (Å²) in [6.07, 6.45) is 2.25. The first kappa shape index (κ1) is 10.3. The normalized spacial score (nSPS) is 20.1. The van der Waals surface area contributed by atoms with E-state index in [1.807, 2.05) is 12.1 Å². The zero-order valence-corrected chi connectivity index (χ0v) is 9.01. The van der Waals surface area contributed by atoms with Crippen molar-refractivity contribution in [3.8, 4) is 6.07 Å². The molecule has 1 fully saturated rings. The molecule has 0 unspecified atom stereocenters. The lowest BCUT2D eigenvalue weighted by Gasteiger charge is -2.12. The molecule has 1 aliphatic rings. The molecule has 3 N–H and O–H groups in total. The molecule has 1 heterocycles. The summed E-state index contributed by atoms with van der Waals surface area (Å²) >= 11 is 5.97. The lowest BCUT2D eigenvalue weighted by molar-refractivity contribution is 0.648. The van der Waals surface area contributed by atoms with Crippen LogP contribution in [-0.4, -0.2) is 6.54 Å². The molecule has 0 saturated carbocycles. The van der Waals surface area contributed by atoms with Crippen molar-refractivity contribution in [3.63, 3.8) is 0 Å². The lowest BCUT2D eigenvalue weighted by Crippen LogP contribution is -2.13. The third-order valence-electron chi connectivity index (χ3n) is 2.74. The summed E-state index contributed by atoms with van der Waals surface area (Å²) in [5, 5.41) is 12.7. The van der Waals surface area contributed by atoms with E-state index in [-0.39, 0.29) is 0 Å². The van der Waals surface area contributed by atoms with Crippen LogP contribution < -0.4 is 11.1 Å². The Morgan fingerprint density at radius 2 is 2.33 bits per heavy atom. The van der Waals surface area contributed by atoms with E-state index in [1.165, 1.54) is 0 Å². The minimum atomic E-state index is 0.315. The van der Waals surface area contributed by atoms with E-state index in [4.69, 9.17) is 22.6 Å². The average Bonchev–Trinajstić information content (AvgIpc) is 2.75. The SMILES string of the molecule is N#Cc1cc([C@H]2CCCN2)cc(Cl)c1N. The Hall–Kier alpha value is -1.24. The quantitative estimate of drug-likeness (QED) is 0.715. The van der Waals surface area contributed by atoms with E-state index in [9.17, 15) is 0 Å². The molecule has 3 nitrogen and oxygen atoms in total. The van der Waals surface area contributed by atoms with Crippen LogP contribution in [-0.2, 0) is 0 Å². The summed E-state index contributed by atoms with van der Waals surface area (Å²) in [7, 11) is 0. The number of nitrogens with one attached hydrogen (secondary N) is 1. The van der Waals surface area contributed by atoms with Gasteiger partial charge >= 0.3 is 0 Å². The summed E-state index contributed by atoms with van der Waals surface area (Å²) in [4.78, 5) is 0. The van der Waals surface area contributed by atoms with E-state index in [1.54, 1.807) is 0 Å². The highest BCUT2D eigenvalue weighted by Crippen LogP contribution is 2.30. The van der Waals surface area contributed by atoms with E-state index in [2.05, 4.69) is 11.4 Å². The van der Waals surface area contributed by atoms with Crippen LogP contribution in [0.3, 0.4) is 0 Å². The van der Waals surface area contributed by atoms with Crippen molar-refractivity contribution >= 4 is 17.3 Å². The summed E-state index contributed by atoms with van der Waals surface area (Å²) in [5.41, 5.74) is 7.58. The number of hydrogen-bond donors (Lipinski definition) is 2. The maximum absolute atomic E-state index is 8.90. The van der Waals surface area contributed by atoms with Gasteiger partial charge in [-0.3, -0.25) is 0 Å². The zero-order chi connectivity index (χ0) is 10.8. The monoisotopic (exact) mass is 221 g/mol. The number of benzene rings is 1. The highest BCUT2D eigenvalue weighted by molar-refractivity contribution is 6.33. The third-order valence-corrected chi connectivity index (χ3v) is 3.05. The third kappa shape index (κ3) is 1.92. The van der Waals surface area contributed by atoms with Crippen molar-refractivity contribution in [1.29, 1.82) is 5.26 Å². The number of anilines is 1. The van der Waals surface area contributed by atoms with Crippen molar-refractivity contribution in [3.05, 3.63) is 28.3 Å². The maximum Gasteiger partial charge on any atom is 0.101 e. The number of halogens is 1. The molecular weight excluding hydrogens is 210 g/mol. The smallest absolute Gasteiger partial charge is 0.101 e. The molecule has 1 aromatic carbocycles. The van der Waals surface area contributed by atoms with Gasteiger partial charge in [-0.1, -0.05) is 11.6 Å². The minimum Gasteiger partial charge on any atom is -0.396 e. The van der Waals surface area contributed by atoms with Crippen molar-refractivity contribution < 1.29 is 0 Å². The van der Waals surface area contributed by atoms with Gasteiger partial charge in [-0.25, -0.2) is 0 Å². The van der Waals surface area contributed by atoms with Crippen LogP contribution in [0.15, 0.2) is 12.1 Å². The van der Waals surface area contributed by atoms with Gasteiger partial charge < -0.3 is 11.1 Å². The Kier molecular flexibility index (Phi) is 2.81. The van der Waals surface area contributed by atoms with Gasteiger partial charge in [0.1, 0.15) is 6.07 Å². The highest BCUT2D eigenvalue weighted by atomic mass is 35.5. The molecule has 0 spiro atoms. The Bertz CT molecular complexity index is 417. The summed E-state index contributed by atoms with van der Waals surface area (Å²) in [6.45, 7) is 1.02. The number of nitrogens with two attached hydrogens (primary N) is 1. The van der Waals surface area contributed by atoms with E-state index < -0.39 is 0 Å². The van der Waals surface area contributed by atoms with Gasteiger partial charge in [0.25, 0.3) is 0 Å². The predicted octanol–water partition coefficient (Wildman–Crippen LogP) is 2.22. The number of rotatable bonds is 1.